The molecular formula is C20H25NO10. The number of benzene rings is 1. The molecule has 3 rings (SSSR count). The van der Waals surface area contributed by atoms with Crippen molar-refractivity contribution in [1.29, 1.82) is 0 Å². The van der Waals surface area contributed by atoms with E-state index < -0.39 is 42.9 Å². The van der Waals surface area contributed by atoms with Crippen LogP contribution in [0.2, 0.25) is 0 Å². The predicted molar refractivity (Wildman–Crippen MR) is 105 cm³/mol. The van der Waals surface area contributed by atoms with E-state index >= 15 is 0 Å². The van der Waals surface area contributed by atoms with Gasteiger partial charge in [0.1, 0.15) is 35.7 Å². The number of hydrogen-bond acceptors (Lipinski definition) is 10. The molecule has 1 aromatic heterocycles. The van der Waals surface area contributed by atoms with Crippen molar-refractivity contribution in [3.63, 3.8) is 0 Å². The zero-order valence-electron chi connectivity index (χ0n) is 16.5. The lowest BCUT2D eigenvalue weighted by Gasteiger charge is -2.39. The molecule has 1 aliphatic rings. The molecule has 2 heterocycles. The number of aliphatic hydroxyl groups excluding tert-OH is 5. The Balaban J connectivity index is 1.80. The van der Waals surface area contributed by atoms with Crippen LogP contribution in [0.25, 0.3) is 11.0 Å². The Morgan fingerprint density at radius 3 is 2.58 bits per heavy atom. The molecule has 170 valence electrons. The number of nitrogens with one attached hydrogen (secondary N) is 1. The Morgan fingerprint density at radius 2 is 1.87 bits per heavy atom. The highest BCUT2D eigenvalue weighted by atomic mass is 16.7. The number of carbonyl (C=O) groups is 1. The van der Waals surface area contributed by atoms with Gasteiger partial charge in [0, 0.05) is 30.7 Å². The SMILES string of the molecule is O=C(Cc1cc(=O)oc2cc(O[C@@H]3O[C@H](CO)[C@H](O)[C@H](O)[C@H]3O)ccc12)NCCCO. The van der Waals surface area contributed by atoms with Gasteiger partial charge in [-0.05, 0) is 24.1 Å². The Morgan fingerprint density at radius 1 is 1.10 bits per heavy atom. The van der Waals surface area contributed by atoms with Crippen molar-refractivity contribution in [3.8, 4) is 5.75 Å². The number of aliphatic hydroxyl groups is 5. The molecule has 1 aromatic carbocycles. The van der Waals surface area contributed by atoms with Crippen LogP contribution in [0.15, 0.2) is 33.5 Å². The van der Waals surface area contributed by atoms with Crippen molar-refractivity contribution in [2.24, 2.45) is 0 Å². The molecule has 0 saturated carbocycles. The zero-order chi connectivity index (χ0) is 22.5. The fraction of sp³-hybridized carbons (Fsp3) is 0.500. The normalized spacial score (nSPS) is 26.0. The van der Waals surface area contributed by atoms with Gasteiger partial charge in [-0.25, -0.2) is 4.79 Å². The fourth-order valence-electron chi connectivity index (χ4n) is 3.27. The minimum Gasteiger partial charge on any atom is -0.462 e. The molecule has 5 atom stereocenters. The van der Waals surface area contributed by atoms with Crippen LogP contribution in [-0.2, 0) is 16.0 Å². The summed E-state index contributed by atoms with van der Waals surface area (Å²) >= 11 is 0. The summed E-state index contributed by atoms with van der Waals surface area (Å²) in [5.74, 6) is -0.188. The summed E-state index contributed by atoms with van der Waals surface area (Å²) in [6, 6.07) is 5.64. The predicted octanol–water partition coefficient (Wildman–Crippen LogP) is -1.99. The minimum absolute atomic E-state index is 0.0463. The molecule has 11 heteroatoms. The van der Waals surface area contributed by atoms with E-state index in [9.17, 15) is 30.0 Å². The van der Waals surface area contributed by atoms with Crippen LogP contribution in [-0.4, -0.2) is 81.9 Å². The van der Waals surface area contributed by atoms with Crippen LogP contribution in [0.4, 0.5) is 0 Å². The molecule has 1 aliphatic heterocycles. The summed E-state index contributed by atoms with van der Waals surface area (Å²) in [6.45, 7) is -0.331. The molecule has 0 unspecified atom stereocenters. The third-order valence-corrected chi connectivity index (χ3v) is 4.91. The van der Waals surface area contributed by atoms with E-state index in [1.165, 1.54) is 18.2 Å². The summed E-state index contributed by atoms with van der Waals surface area (Å²) < 4.78 is 16.0. The Kier molecular flexibility index (Phi) is 7.59. The number of rotatable bonds is 8. The van der Waals surface area contributed by atoms with Crippen LogP contribution in [0, 0.1) is 0 Å². The number of amides is 1. The van der Waals surface area contributed by atoms with Crippen molar-refractivity contribution in [1.82, 2.24) is 5.32 Å². The summed E-state index contributed by atoms with van der Waals surface area (Å²) in [5, 5.41) is 51.0. The van der Waals surface area contributed by atoms with Crippen molar-refractivity contribution < 1.29 is 44.2 Å². The van der Waals surface area contributed by atoms with Gasteiger partial charge in [-0.1, -0.05) is 0 Å². The average Bonchev–Trinajstić information content (AvgIpc) is 2.74. The maximum atomic E-state index is 12.1. The highest BCUT2D eigenvalue weighted by molar-refractivity contribution is 5.87. The second-order valence-corrected chi connectivity index (χ2v) is 7.17. The van der Waals surface area contributed by atoms with E-state index in [-0.39, 0.29) is 30.3 Å². The molecule has 0 spiro atoms. The van der Waals surface area contributed by atoms with Gasteiger partial charge < -0.3 is 44.7 Å². The molecule has 31 heavy (non-hydrogen) atoms. The first kappa shape index (κ1) is 23.1. The Labute approximate surface area is 176 Å². The van der Waals surface area contributed by atoms with Crippen molar-refractivity contribution in [3.05, 3.63) is 40.2 Å². The smallest absolute Gasteiger partial charge is 0.336 e. The van der Waals surface area contributed by atoms with Crippen LogP contribution >= 0.6 is 0 Å². The molecule has 11 nitrogen and oxygen atoms in total. The molecule has 0 radical (unpaired) electrons. The molecule has 6 N–H and O–H groups in total. The Hall–Kier alpha value is -2.54. The highest BCUT2D eigenvalue weighted by Crippen LogP contribution is 2.27. The van der Waals surface area contributed by atoms with E-state index in [0.717, 1.165) is 0 Å². The van der Waals surface area contributed by atoms with Crippen molar-refractivity contribution >= 4 is 16.9 Å². The first-order valence-corrected chi connectivity index (χ1v) is 9.75. The van der Waals surface area contributed by atoms with Gasteiger partial charge in [-0.2, -0.15) is 0 Å². The van der Waals surface area contributed by atoms with Crippen LogP contribution in [0.1, 0.15) is 12.0 Å². The minimum atomic E-state index is -1.59. The summed E-state index contributed by atoms with van der Waals surface area (Å²) in [7, 11) is 0. The van der Waals surface area contributed by atoms with Crippen molar-refractivity contribution in [2.75, 3.05) is 19.8 Å². The average molecular weight is 439 g/mol. The maximum Gasteiger partial charge on any atom is 0.336 e. The summed E-state index contributed by atoms with van der Waals surface area (Å²) in [6.07, 6.45) is -6.86. The maximum absolute atomic E-state index is 12.1. The number of ether oxygens (including phenoxy) is 2. The van der Waals surface area contributed by atoms with Gasteiger partial charge in [-0.3, -0.25) is 4.79 Å². The van der Waals surface area contributed by atoms with Crippen LogP contribution in [0.5, 0.6) is 5.75 Å². The van der Waals surface area contributed by atoms with Gasteiger partial charge in [-0.15, -0.1) is 0 Å². The summed E-state index contributed by atoms with van der Waals surface area (Å²) in [4.78, 5) is 24.0. The highest BCUT2D eigenvalue weighted by Gasteiger charge is 2.44. The molecule has 0 bridgehead atoms. The van der Waals surface area contributed by atoms with E-state index in [1.54, 1.807) is 6.07 Å². The molecular weight excluding hydrogens is 414 g/mol. The lowest BCUT2D eigenvalue weighted by molar-refractivity contribution is -0.277. The third kappa shape index (κ3) is 5.39. The van der Waals surface area contributed by atoms with Gasteiger partial charge in [0.05, 0.1) is 13.0 Å². The van der Waals surface area contributed by atoms with Crippen LogP contribution < -0.4 is 15.7 Å². The quantitative estimate of drug-likeness (QED) is 0.199. The standard InChI is InChI=1S/C20H25NO10/c22-5-1-4-21-15(24)6-10-7-16(25)30-13-8-11(2-3-12(10)13)29-20-19(28)18(27)17(26)14(9-23)31-20/h2-3,7-8,14,17-20,22-23,26-28H,1,4-6,9H2,(H,21,24)/t14-,17+,18+,19-,20-/m1/s1. The molecule has 1 fully saturated rings. The molecule has 0 aliphatic carbocycles. The Bertz CT molecular complexity index is 959. The lowest BCUT2D eigenvalue weighted by atomic mass is 9.99. The van der Waals surface area contributed by atoms with Gasteiger partial charge >= 0.3 is 5.63 Å². The molecule has 2 aromatic rings. The largest absolute Gasteiger partial charge is 0.462 e. The number of carbonyl (C=O) groups excluding carboxylic acids is 1. The van der Waals surface area contributed by atoms with Crippen LogP contribution in [0.3, 0.4) is 0 Å². The van der Waals surface area contributed by atoms with Crippen molar-refractivity contribution in [2.45, 2.75) is 43.5 Å². The molecule has 1 saturated heterocycles. The van der Waals surface area contributed by atoms with Gasteiger partial charge in [0.25, 0.3) is 0 Å². The monoisotopic (exact) mass is 439 g/mol. The van der Waals surface area contributed by atoms with E-state index in [4.69, 9.17) is 19.0 Å². The molecule has 1 amide bonds. The van der Waals surface area contributed by atoms with E-state index in [0.29, 0.717) is 23.9 Å². The summed E-state index contributed by atoms with van der Waals surface area (Å²) in [5.41, 5.74) is -0.101. The first-order valence-electron chi connectivity index (χ1n) is 9.75. The lowest BCUT2D eigenvalue weighted by Crippen LogP contribution is -2.60. The van der Waals surface area contributed by atoms with E-state index in [1.807, 2.05) is 0 Å². The second-order valence-electron chi connectivity index (χ2n) is 7.17. The van der Waals surface area contributed by atoms with Gasteiger partial charge in [0.2, 0.25) is 12.2 Å². The van der Waals surface area contributed by atoms with Gasteiger partial charge in [0.15, 0.2) is 0 Å². The number of hydrogen-bond donors (Lipinski definition) is 6. The topological polar surface area (TPSA) is 179 Å². The third-order valence-electron chi connectivity index (χ3n) is 4.91. The zero-order valence-corrected chi connectivity index (χ0v) is 16.5. The number of fused-ring (bicyclic) bond motifs is 1. The van der Waals surface area contributed by atoms with E-state index in [2.05, 4.69) is 5.32 Å². The second kappa shape index (κ2) is 10.2. The fourth-order valence-corrected chi connectivity index (χ4v) is 3.27. The first-order chi connectivity index (χ1) is 14.8.